The lowest BCUT2D eigenvalue weighted by atomic mass is 9.90. The number of oxazole rings is 1. The van der Waals surface area contributed by atoms with Crippen LogP contribution in [0.5, 0.6) is 5.75 Å². The molecule has 0 unspecified atom stereocenters. The van der Waals surface area contributed by atoms with Crippen LogP contribution in [0.1, 0.15) is 24.3 Å². The van der Waals surface area contributed by atoms with E-state index in [2.05, 4.69) is 22.4 Å². The third-order valence-corrected chi connectivity index (χ3v) is 5.31. The summed E-state index contributed by atoms with van der Waals surface area (Å²) in [6.45, 7) is 3.35. The minimum atomic E-state index is -0.0598. The summed E-state index contributed by atoms with van der Waals surface area (Å²) >= 11 is 0. The molecule has 28 heavy (non-hydrogen) atoms. The largest absolute Gasteiger partial charge is 0.497 e. The average molecular weight is 379 g/mol. The molecule has 1 N–H and O–H groups in total. The van der Waals surface area contributed by atoms with Gasteiger partial charge in [-0.15, -0.1) is 0 Å². The molecule has 3 aromatic rings. The zero-order valence-electron chi connectivity index (χ0n) is 16.3. The molecule has 0 saturated carbocycles. The van der Waals surface area contributed by atoms with Crippen molar-refractivity contribution in [2.45, 2.75) is 26.2 Å². The fourth-order valence-electron chi connectivity index (χ4n) is 3.79. The summed E-state index contributed by atoms with van der Waals surface area (Å²) in [7, 11) is 1.69. The topological polar surface area (TPSA) is 67.6 Å². The number of carbonyl (C=O) groups excluding carboxylic acids is 1. The smallest absolute Gasteiger partial charge is 0.321 e. The summed E-state index contributed by atoms with van der Waals surface area (Å²) in [4.78, 5) is 18.8. The van der Waals surface area contributed by atoms with Gasteiger partial charge in [-0.3, -0.25) is 0 Å². The Morgan fingerprint density at radius 1 is 1.25 bits per heavy atom. The van der Waals surface area contributed by atoms with Gasteiger partial charge in [-0.2, -0.15) is 0 Å². The number of urea groups is 1. The van der Waals surface area contributed by atoms with Crippen molar-refractivity contribution in [3.8, 4) is 5.75 Å². The Labute approximate surface area is 164 Å². The zero-order valence-corrected chi connectivity index (χ0v) is 16.3. The van der Waals surface area contributed by atoms with E-state index in [1.54, 1.807) is 7.11 Å². The van der Waals surface area contributed by atoms with E-state index in [0.29, 0.717) is 17.4 Å². The zero-order chi connectivity index (χ0) is 19.5. The van der Waals surface area contributed by atoms with Crippen molar-refractivity contribution < 1.29 is 13.9 Å². The predicted molar refractivity (Wildman–Crippen MR) is 109 cm³/mol. The maximum atomic E-state index is 12.6. The number of amides is 2. The number of aryl methyl sites for hydroxylation is 1. The van der Waals surface area contributed by atoms with Gasteiger partial charge in [0.25, 0.3) is 0 Å². The number of benzene rings is 2. The van der Waals surface area contributed by atoms with Crippen LogP contribution in [0.4, 0.5) is 10.5 Å². The highest BCUT2D eigenvalue weighted by atomic mass is 16.5. The molecule has 0 bridgehead atoms. The molecule has 4 rings (SSSR count). The number of hydrogen-bond donors (Lipinski definition) is 1. The first kappa shape index (κ1) is 18.3. The molecule has 0 aliphatic carbocycles. The molecule has 1 saturated heterocycles. The summed E-state index contributed by atoms with van der Waals surface area (Å²) in [5.41, 5.74) is 3.51. The molecule has 0 radical (unpaired) electrons. The van der Waals surface area contributed by atoms with Crippen molar-refractivity contribution in [3.63, 3.8) is 0 Å². The van der Waals surface area contributed by atoms with E-state index < -0.39 is 0 Å². The first-order valence-corrected chi connectivity index (χ1v) is 9.67. The average Bonchev–Trinajstić information content (AvgIpc) is 3.08. The highest BCUT2D eigenvalue weighted by molar-refractivity contribution is 5.91. The molecule has 2 amide bonds. The Hall–Kier alpha value is -3.02. The Balaban J connectivity index is 1.31. The van der Waals surface area contributed by atoms with Crippen molar-refractivity contribution in [3.05, 3.63) is 53.9 Å². The number of piperidine rings is 1. The molecular weight excluding hydrogens is 354 g/mol. The van der Waals surface area contributed by atoms with Crippen molar-refractivity contribution >= 4 is 22.8 Å². The maximum absolute atomic E-state index is 12.6. The van der Waals surface area contributed by atoms with Crippen LogP contribution in [0.25, 0.3) is 11.1 Å². The highest BCUT2D eigenvalue weighted by Crippen LogP contribution is 2.25. The van der Waals surface area contributed by atoms with Crippen molar-refractivity contribution in [2.75, 3.05) is 25.5 Å². The Kier molecular flexibility index (Phi) is 5.19. The SMILES string of the molecule is COc1cccc(CC2CCN(C(=O)Nc3ccc4nc(C)oc4c3)CC2)c1. The fourth-order valence-corrected chi connectivity index (χ4v) is 3.79. The van der Waals surface area contributed by atoms with Crippen molar-refractivity contribution in [2.24, 2.45) is 5.92 Å². The first-order valence-electron chi connectivity index (χ1n) is 9.67. The summed E-state index contributed by atoms with van der Waals surface area (Å²) in [6, 6.07) is 13.7. The molecule has 6 nitrogen and oxygen atoms in total. The van der Waals surface area contributed by atoms with Gasteiger partial charge in [-0.05, 0) is 55.0 Å². The number of aromatic nitrogens is 1. The van der Waals surface area contributed by atoms with E-state index in [-0.39, 0.29) is 6.03 Å². The monoisotopic (exact) mass is 379 g/mol. The molecule has 0 spiro atoms. The number of carbonyl (C=O) groups is 1. The number of methoxy groups -OCH3 is 1. The van der Waals surface area contributed by atoms with Crippen LogP contribution in [0.15, 0.2) is 46.9 Å². The summed E-state index contributed by atoms with van der Waals surface area (Å²) < 4.78 is 10.8. The van der Waals surface area contributed by atoms with Gasteiger partial charge in [0, 0.05) is 31.8 Å². The number of anilines is 1. The van der Waals surface area contributed by atoms with E-state index in [1.165, 1.54) is 5.56 Å². The van der Waals surface area contributed by atoms with E-state index in [9.17, 15) is 4.79 Å². The van der Waals surface area contributed by atoms with Crippen LogP contribution in [0.2, 0.25) is 0 Å². The number of hydrogen-bond acceptors (Lipinski definition) is 4. The second-order valence-corrected chi connectivity index (χ2v) is 7.33. The van der Waals surface area contributed by atoms with E-state index in [4.69, 9.17) is 9.15 Å². The maximum Gasteiger partial charge on any atom is 0.321 e. The normalized spacial score (nSPS) is 15.0. The third kappa shape index (κ3) is 4.11. The van der Waals surface area contributed by atoms with Crippen LogP contribution in [0, 0.1) is 12.8 Å². The van der Waals surface area contributed by atoms with Gasteiger partial charge in [-0.1, -0.05) is 12.1 Å². The van der Waals surface area contributed by atoms with E-state index >= 15 is 0 Å². The number of nitrogens with one attached hydrogen (secondary N) is 1. The molecule has 1 aromatic heterocycles. The molecule has 1 aliphatic heterocycles. The number of nitrogens with zero attached hydrogens (tertiary/aromatic N) is 2. The van der Waals surface area contributed by atoms with Gasteiger partial charge in [0.1, 0.15) is 11.3 Å². The standard InChI is InChI=1S/C22H25N3O3/c1-15-23-20-7-6-18(14-21(20)28-15)24-22(26)25-10-8-16(9-11-25)12-17-4-3-5-19(13-17)27-2/h3-7,13-14,16H,8-12H2,1-2H3,(H,24,26). The van der Waals surface area contributed by atoms with Crippen LogP contribution in [-0.2, 0) is 6.42 Å². The quantitative estimate of drug-likeness (QED) is 0.718. The highest BCUT2D eigenvalue weighted by Gasteiger charge is 2.23. The second-order valence-electron chi connectivity index (χ2n) is 7.33. The van der Waals surface area contributed by atoms with Gasteiger partial charge in [0.05, 0.1) is 7.11 Å². The number of fused-ring (bicyclic) bond motifs is 1. The lowest BCUT2D eigenvalue weighted by Gasteiger charge is -2.32. The second kappa shape index (κ2) is 7.92. The minimum Gasteiger partial charge on any atom is -0.497 e. The molecule has 1 fully saturated rings. The van der Waals surface area contributed by atoms with E-state index in [1.807, 2.05) is 42.2 Å². The molecule has 2 heterocycles. The molecule has 146 valence electrons. The lowest BCUT2D eigenvalue weighted by Crippen LogP contribution is -2.41. The molecule has 2 aromatic carbocycles. The summed E-state index contributed by atoms with van der Waals surface area (Å²) in [5.74, 6) is 2.11. The van der Waals surface area contributed by atoms with Gasteiger partial charge in [-0.25, -0.2) is 9.78 Å². The molecule has 0 atom stereocenters. The lowest BCUT2D eigenvalue weighted by molar-refractivity contribution is 0.182. The molecular formula is C22H25N3O3. The molecule has 1 aliphatic rings. The Bertz CT molecular complexity index is 974. The number of ether oxygens (including phenoxy) is 1. The van der Waals surface area contributed by atoms with Crippen LogP contribution in [-0.4, -0.2) is 36.1 Å². The van der Waals surface area contributed by atoms with Gasteiger partial charge in [0.2, 0.25) is 0 Å². The minimum absolute atomic E-state index is 0.0598. The van der Waals surface area contributed by atoms with E-state index in [0.717, 1.165) is 49.3 Å². The fraction of sp³-hybridized carbons (Fsp3) is 0.364. The van der Waals surface area contributed by atoms with Crippen molar-refractivity contribution in [1.29, 1.82) is 0 Å². The van der Waals surface area contributed by atoms with Crippen molar-refractivity contribution in [1.82, 2.24) is 9.88 Å². The number of likely N-dealkylation sites (tertiary alicyclic amines) is 1. The first-order chi connectivity index (χ1) is 13.6. The molecule has 6 heteroatoms. The summed E-state index contributed by atoms with van der Waals surface area (Å²) in [6.07, 6.45) is 3.03. The third-order valence-electron chi connectivity index (χ3n) is 5.31. The van der Waals surface area contributed by atoms with Crippen LogP contribution < -0.4 is 10.1 Å². The van der Waals surface area contributed by atoms with Gasteiger partial charge >= 0.3 is 6.03 Å². The summed E-state index contributed by atoms with van der Waals surface area (Å²) in [5, 5.41) is 2.98. The van der Waals surface area contributed by atoms with Gasteiger partial charge in [0.15, 0.2) is 11.5 Å². The van der Waals surface area contributed by atoms with Crippen LogP contribution in [0.3, 0.4) is 0 Å². The Morgan fingerprint density at radius 3 is 2.86 bits per heavy atom. The number of rotatable bonds is 4. The predicted octanol–water partition coefficient (Wildman–Crippen LogP) is 4.63. The van der Waals surface area contributed by atoms with Crippen LogP contribution >= 0.6 is 0 Å². The Morgan fingerprint density at radius 2 is 2.07 bits per heavy atom. The van der Waals surface area contributed by atoms with Gasteiger partial charge < -0.3 is 19.4 Å².